The topological polar surface area (TPSA) is 60.2 Å². The predicted molar refractivity (Wildman–Crippen MR) is 74.4 cm³/mol. The fraction of sp³-hybridized carbons (Fsp3) is 0.500. The summed E-state index contributed by atoms with van der Waals surface area (Å²) in [5.41, 5.74) is 2.24. The molecule has 0 spiro atoms. The van der Waals surface area contributed by atoms with E-state index in [1.807, 2.05) is 13.1 Å². The van der Waals surface area contributed by atoms with Gasteiger partial charge in [-0.1, -0.05) is 0 Å². The number of nitrogens with zero attached hydrogens (tertiary/aromatic N) is 4. The van der Waals surface area contributed by atoms with E-state index in [0.29, 0.717) is 12.1 Å². The van der Waals surface area contributed by atoms with Crippen LogP contribution in [0.1, 0.15) is 23.2 Å². The lowest BCUT2D eigenvalue weighted by Crippen LogP contribution is -2.34. The van der Waals surface area contributed by atoms with Gasteiger partial charge in [0, 0.05) is 33.4 Å². The number of carbonyl (C=O) groups is 1. The maximum atomic E-state index is 12.4. The summed E-state index contributed by atoms with van der Waals surface area (Å²) < 4.78 is 7.28. The monoisotopic (exact) mass is 274 g/mol. The van der Waals surface area contributed by atoms with Gasteiger partial charge in [0.2, 0.25) is 0 Å². The minimum absolute atomic E-state index is 0.0314. The molecule has 6 heteroatoms. The number of aromatic nitrogens is 3. The fourth-order valence-corrected chi connectivity index (χ4v) is 2.54. The van der Waals surface area contributed by atoms with Gasteiger partial charge in [-0.2, -0.15) is 5.10 Å². The average Bonchev–Trinajstić information content (AvgIpc) is 3.08. The second-order valence-electron chi connectivity index (χ2n) is 5.22. The van der Waals surface area contributed by atoms with Crippen molar-refractivity contribution >= 4 is 16.9 Å². The van der Waals surface area contributed by atoms with Crippen LogP contribution in [0, 0.1) is 0 Å². The number of rotatable bonds is 3. The molecular formula is C14H18N4O2. The lowest BCUT2D eigenvalue weighted by atomic mass is 10.2. The van der Waals surface area contributed by atoms with Crippen LogP contribution in [-0.2, 0) is 11.8 Å². The molecule has 0 radical (unpaired) electrons. The van der Waals surface area contributed by atoms with Gasteiger partial charge in [0.15, 0.2) is 0 Å². The zero-order valence-corrected chi connectivity index (χ0v) is 11.7. The van der Waals surface area contributed by atoms with Crippen molar-refractivity contribution in [3.05, 3.63) is 24.0 Å². The van der Waals surface area contributed by atoms with Crippen molar-refractivity contribution in [3.63, 3.8) is 0 Å². The molecule has 1 aliphatic heterocycles. The number of pyridine rings is 1. The minimum atomic E-state index is -0.0314. The number of carbonyl (C=O) groups excluding carboxylic acids is 1. The fourth-order valence-electron chi connectivity index (χ4n) is 2.54. The van der Waals surface area contributed by atoms with E-state index in [1.165, 1.54) is 0 Å². The van der Waals surface area contributed by atoms with Crippen LogP contribution in [-0.4, -0.2) is 51.9 Å². The van der Waals surface area contributed by atoms with Gasteiger partial charge in [-0.3, -0.25) is 14.5 Å². The Morgan fingerprint density at radius 2 is 2.40 bits per heavy atom. The first-order chi connectivity index (χ1) is 9.65. The van der Waals surface area contributed by atoms with Crippen molar-refractivity contribution in [3.8, 4) is 0 Å². The summed E-state index contributed by atoms with van der Waals surface area (Å²) in [6.07, 6.45) is 5.57. The third-order valence-electron chi connectivity index (χ3n) is 3.69. The summed E-state index contributed by atoms with van der Waals surface area (Å²) in [6.45, 7) is 1.43. The molecular weight excluding hydrogens is 256 g/mol. The number of fused-ring (bicyclic) bond motifs is 1. The summed E-state index contributed by atoms with van der Waals surface area (Å²) >= 11 is 0. The van der Waals surface area contributed by atoms with E-state index < -0.39 is 0 Å². The Morgan fingerprint density at radius 3 is 3.15 bits per heavy atom. The van der Waals surface area contributed by atoms with E-state index in [1.54, 1.807) is 29.0 Å². The van der Waals surface area contributed by atoms with Crippen molar-refractivity contribution in [2.75, 3.05) is 20.2 Å². The Balaban J connectivity index is 1.78. The van der Waals surface area contributed by atoms with Crippen LogP contribution in [0.3, 0.4) is 0 Å². The molecule has 0 N–H and O–H groups in total. The van der Waals surface area contributed by atoms with Gasteiger partial charge in [0.1, 0.15) is 5.52 Å². The van der Waals surface area contributed by atoms with Gasteiger partial charge in [-0.15, -0.1) is 0 Å². The van der Waals surface area contributed by atoms with Crippen LogP contribution in [0.4, 0.5) is 0 Å². The maximum Gasteiger partial charge on any atom is 0.255 e. The lowest BCUT2D eigenvalue weighted by Gasteiger charge is -2.20. The quantitative estimate of drug-likeness (QED) is 0.844. The second kappa shape index (κ2) is 5.20. The molecule has 20 heavy (non-hydrogen) atoms. The van der Waals surface area contributed by atoms with Crippen molar-refractivity contribution < 1.29 is 9.53 Å². The Kier molecular flexibility index (Phi) is 3.40. The van der Waals surface area contributed by atoms with Crippen LogP contribution in [0.2, 0.25) is 0 Å². The Bertz CT molecular complexity index is 631. The molecule has 2 aromatic heterocycles. The van der Waals surface area contributed by atoms with Crippen LogP contribution in [0.25, 0.3) is 11.0 Å². The van der Waals surface area contributed by atoms with E-state index >= 15 is 0 Å². The smallest absolute Gasteiger partial charge is 0.255 e. The zero-order valence-electron chi connectivity index (χ0n) is 11.7. The molecule has 1 saturated heterocycles. The van der Waals surface area contributed by atoms with Crippen molar-refractivity contribution in [2.45, 2.75) is 18.9 Å². The molecule has 1 atom stereocenters. The number of aryl methyl sites for hydroxylation is 1. The zero-order chi connectivity index (χ0) is 14.1. The summed E-state index contributed by atoms with van der Waals surface area (Å²) in [5, 5.41) is 4.13. The van der Waals surface area contributed by atoms with Gasteiger partial charge in [-0.05, 0) is 18.9 Å². The third kappa shape index (κ3) is 2.38. The molecule has 3 rings (SSSR count). The summed E-state index contributed by atoms with van der Waals surface area (Å²) in [6, 6.07) is 1.84. The number of amides is 1. The highest BCUT2D eigenvalue weighted by Crippen LogP contribution is 2.16. The van der Waals surface area contributed by atoms with Gasteiger partial charge >= 0.3 is 0 Å². The molecule has 1 unspecified atom stereocenters. The standard InChI is InChI=1S/C14H18N4O2/c1-17(9-11-4-3-5-20-11)14(19)10-6-13-12(15-7-10)8-16-18(13)2/h6-8,11H,3-5,9H2,1-2H3. The number of ether oxygens (including phenoxy) is 1. The van der Waals surface area contributed by atoms with Crippen molar-refractivity contribution in [2.24, 2.45) is 7.05 Å². The molecule has 1 fully saturated rings. The summed E-state index contributed by atoms with van der Waals surface area (Å²) in [5.74, 6) is -0.0314. The van der Waals surface area contributed by atoms with E-state index in [4.69, 9.17) is 4.74 Å². The van der Waals surface area contributed by atoms with Gasteiger partial charge in [0.25, 0.3) is 5.91 Å². The van der Waals surface area contributed by atoms with Crippen LogP contribution >= 0.6 is 0 Å². The molecule has 3 heterocycles. The highest BCUT2D eigenvalue weighted by molar-refractivity contribution is 5.96. The summed E-state index contributed by atoms with van der Waals surface area (Å²) in [7, 11) is 3.64. The van der Waals surface area contributed by atoms with Crippen molar-refractivity contribution in [1.29, 1.82) is 0 Å². The minimum Gasteiger partial charge on any atom is -0.376 e. The van der Waals surface area contributed by atoms with E-state index in [2.05, 4.69) is 10.1 Å². The number of likely N-dealkylation sites (N-methyl/N-ethyl adjacent to an activating group) is 1. The predicted octanol–water partition coefficient (Wildman–Crippen LogP) is 1.22. The molecule has 0 aliphatic carbocycles. The first-order valence-electron chi connectivity index (χ1n) is 6.80. The maximum absolute atomic E-state index is 12.4. The normalized spacial score (nSPS) is 18.6. The highest BCUT2D eigenvalue weighted by atomic mass is 16.5. The van der Waals surface area contributed by atoms with Crippen LogP contribution in [0.15, 0.2) is 18.5 Å². The highest BCUT2D eigenvalue weighted by Gasteiger charge is 2.21. The van der Waals surface area contributed by atoms with Crippen LogP contribution in [0.5, 0.6) is 0 Å². The number of hydrogen-bond acceptors (Lipinski definition) is 4. The largest absolute Gasteiger partial charge is 0.376 e. The Morgan fingerprint density at radius 1 is 1.55 bits per heavy atom. The molecule has 0 saturated carbocycles. The lowest BCUT2D eigenvalue weighted by molar-refractivity contribution is 0.0587. The second-order valence-corrected chi connectivity index (χ2v) is 5.22. The SMILES string of the molecule is CN(CC1CCCO1)C(=O)c1cnc2cnn(C)c2c1. The molecule has 6 nitrogen and oxygen atoms in total. The number of hydrogen-bond donors (Lipinski definition) is 0. The summed E-state index contributed by atoms with van der Waals surface area (Å²) in [4.78, 5) is 18.4. The Labute approximate surface area is 117 Å². The molecule has 1 amide bonds. The van der Waals surface area contributed by atoms with Crippen LogP contribution < -0.4 is 0 Å². The molecule has 1 aliphatic rings. The van der Waals surface area contributed by atoms with E-state index in [-0.39, 0.29) is 12.0 Å². The molecule has 0 aromatic carbocycles. The van der Waals surface area contributed by atoms with Crippen molar-refractivity contribution in [1.82, 2.24) is 19.7 Å². The third-order valence-corrected chi connectivity index (χ3v) is 3.69. The molecule has 106 valence electrons. The first-order valence-corrected chi connectivity index (χ1v) is 6.80. The van der Waals surface area contributed by atoms with Gasteiger partial charge in [-0.25, -0.2) is 0 Å². The van der Waals surface area contributed by atoms with E-state index in [9.17, 15) is 4.79 Å². The Hall–Kier alpha value is -1.95. The average molecular weight is 274 g/mol. The molecule has 2 aromatic rings. The van der Waals surface area contributed by atoms with Gasteiger partial charge in [0.05, 0.1) is 23.4 Å². The van der Waals surface area contributed by atoms with Gasteiger partial charge < -0.3 is 9.64 Å². The van der Waals surface area contributed by atoms with E-state index in [0.717, 1.165) is 30.5 Å². The first kappa shape index (κ1) is 13.1. The molecule has 0 bridgehead atoms.